The molecule has 0 fully saturated rings. The molecule has 2 heteroatoms. The van der Waals surface area contributed by atoms with E-state index in [0.29, 0.717) is 12.1 Å². The Bertz CT molecular complexity index is 521. The summed E-state index contributed by atoms with van der Waals surface area (Å²) in [7, 11) is 0. The van der Waals surface area contributed by atoms with Crippen LogP contribution in [0, 0.1) is 0 Å². The van der Waals surface area contributed by atoms with Crippen molar-refractivity contribution in [3.8, 4) is 0 Å². The summed E-state index contributed by atoms with van der Waals surface area (Å²) in [5.74, 6) is 0. The van der Waals surface area contributed by atoms with Crippen molar-refractivity contribution >= 4 is 15.9 Å². The Morgan fingerprint density at radius 2 is 1.62 bits per heavy atom. The molecule has 2 rings (SSSR count). The molecule has 0 saturated heterocycles. The van der Waals surface area contributed by atoms with Crippen molar-refractivity contribution in [2.24, 2.45) is 0 Å². The number of nitrogens with one attached hydrogen (secondary N) is 1. The zero-order chi connectivity index (χ0) is 15.1. The molecule has 0 aromatic heterocycles. The van der Waals surface area contributed by atoms with Crippen LogP contribution in [0.25, 0.3) is 0 Å². The molecule has 0 aliphatic heterocycles. The van der Waals surface area contributed by atoms with Crippen molar-refractivity contribution in [2.75, 3.05) is 0 Å². The molecule has 0 aliphatic carbocycles. The quantitative estimate of drug-likeness (QED) is 0.645. The fourth-order valence-electron chi connectivity index (χ4n) is 2.59. The molecule has 112 valence electrons. The highest BCUT2D eigenvalue weighted by atomic mass is 79.9. The molecule has 0 aliphatic rings. The predicted molar refractivity (Wildman–Crippen MR) is 94.4 cm³/mol. The van der Waals surface area contributed by atoms with Gasteiger partial charge in [0.05, 0.1) is 0 Å². The van der Waals surface area contributed by atoms with Crippen molar-refractivity contribution in [2.45, 2.75) is 45.2 Å². The summed E-state index contributed by atoms with van der Waals surface area (Å²) in [5, 5.41) is 3.79. The Labute approximate surface area is 136 Å². The lowest BCUT2D eigenvalue weighted by Gasteiger charge is -2.24. The molecule has 0 spiro atoms. The number of rotatable bonds is 7. The van der Waals surface area contributed by atoms with E-state index in [1.807, 2.05) is 0 Å². The molecule has 1 N–H and O–H groups in total. The molecule has 2 aromatic rings. The van der Waals surface area contributed by atoms with Crippen LogP contribution in [0.15, 0.2) is 59.1 Å². The molecule has 0 amide bonds. The maximum Gasteiger partial charge on any atom is 0.0325 e. The summed E-state index contributed by atoms with van der Waals surface area (Å²) in [6.45, 7) is 4.49. The summed E-state index contributed by atoms with van der Waals surface area (Å²) in [5.41, 5.74) is 2.71. The van der Waals surface area contributed by atoms with Crippen LogP contribution in [0.3, 0.4) is 0 Å². The highest BCUT2D eigenvalue weighted by Gasteiger charge is 2.14. The first-order valence-electron chi connectivity index (χ1n) is 7.77. The van der Waals surface area contributed by atoms with E-state index in [1.165, 1.54) is 30.4 Å². The summed E-state index contributed by atoms with van der Waals surface area (Å²) in [6, 6.07) is 20.1. The second-order valence-electron chi connectivity index (χ2n) is 5.55. The summed E-state index contributed by atoms with van der Waals surface area (Å²) in [4.78, 5) is 0. The lowest BCUT2D eigenvalue weighted by molar-refractivity contribution is 0.431. The maximum absolute atomic E-state index is 3.79. The third kappa shape index (κ3) is 4.98. The first kappa shape index (κ1) is 16.3. The second-order valence-corrected chi connectivity index (χ2v) is 6.46. The van der Waals surface area contributed by atoms with E-state index < -0.39 is 0 Å². The van der Waals surface area contributed by atoms with Crippen LogP contribution < -0.4 is 5.32 Å². The normalized spacial score (nSPS) is 13.9. The van der Waals surface area contributed by atoms with E-state index in [4.69, 9.17) is 0 Å². The highest BCUT2D eigenvalue weighted by Crippen LogP contribution is 2.24. The average molecular weight is 346 g/mol. The molecule has 21 heavy (non-hydrogen) atoms. The summed E-state index contributed by atoms with van der Waals surface area (Å²) < 4.78 is 1.13. The van der Waals surface area contributed by atoms with Gasteiger partial charge in [-0.2, -0.15) is 0 Å². The Balaban J connectivity index is 2.09. The smallest absolute Gasteiger partial charge is 0.0325 e. The van der Waals surface area contributed by atoms with Crippen LogP contribution in [0.5, 0.6) is 0 Å². The minimum Gasteiger partial charge on any atom is -0.303 e. The zero-order valence-electron chi connectivity index (χ0n) is 12.9. The topological polar surface area (TPSA) is 12.0 Å². The zero-order valence-corrected chi connectivity index (χ0v) is 14.4. The van der Waals surface area contributed by atoms with Gasteiger partial charge in [-0.25, -0.2) is 0 Å². The Hall–Kier alpha value is -1.12. The number of hydrogen-bond acceptors (Lipinski definition) is 1. The van der Waals surface area contributed by atoms with E-state index in [9.17, 15) is 0 Å². The summed E-state index contributed by atoms with van der Waals surface area (Å²) in [6.07, 6.45) is 3.67. The van der Waals surface area contributed by atoms with Crippen molar-refractivity contribution < 1.29 is 0 Å². The van der Waals surface area contributed by atoms with Crippen LogP contribution in [0.1, 0.15) is 56.3 Å². The minimum absolute atomic E-state index is 0.347. The second kappa shape index (κ2) is 8.35. The third-order valence-electron chi connectivity index (χ3n) is 3.87. The van der Waals surface area contributed by atoms with Crippen molar-refractivity contribution in [3.05, 3.63) is 70.2 Å². The van der Waals surface area contributed by atoms with Crippen molar-refractivity contribution in [3.63, 3.8) is 0 Å². The molecular weight excluding hydrogens is 322 g/mol. The van der Waals surface area contributed by atoms with Gasteiger partial charge < -0.3 is 5.32 Å². The van der Waals surface area contributed by atoms with Gasteiger partial charge in [-0.3, -0.25) is 0 Å². The van der Waals surface area contributed by atoms with E-state index in [2.05, 4.69) is 89.7 Å². The fraction of sp³-hybridized carbons (Fsp3) is 0.368. The molecule has 1 nitrogen and oxygen atoms in total. The van der Waals surface area contributed by atoms with Gasteiger partial charge in [0.15, 0.2) is 0 Å². The van der Waals surface area contributed by atoms with E-state index in [1.54, 1.807) is 0 Å². The van der Waals surface area contributed by atoms with Crippen molar-refractivity contribution in [1.82, 2.24) is 5.32 Å². The number of hydrogen-bond donors (Lipinski definition) is 1. The van der Waals surface area contributed by atoms with Gasteiger partial charge in [0.1, 0.15) is 0 Å². The number of halogens is 1. The molecule has 1 unspecified atom stereocenters. The Morgan fingerprint density at radius 3 is 2.24 bits per heavy atom. The van der Waals surface area contributed by atoms with Gasteiger partial charge in [0.2, 0.25) is 0 Å². The molecule has 2 atom stereocenters. The maximum atomic E-state index is 3.79. The van der Waals surface area contributed by atoms with Crippen molar-refractivity contribution in [1.29, 1.82) is 0 Å². The third-order valence-corrected chi connectivity index (χ3v) is 4.40. The fourth-order valence-corrected chi connectivity index (χ4v) is 2.85. The van der Waals surface area contributed by atoms with E-state index in [0.717, 1.165) is 4.47 Å². The minimum atomic E-state index is 0.347. The SMILES string of the molecule is CCCCC(N[C@@H](C)c1ccc(Br)cc1)c1ccccc1. The van der Waals surface area contributed by atoms with Crippen LogP contribution >= 0.6 is 15.9 Å². The van der Waals surface area contributed by atoms with Crippen LogP contribution in [0.2, 0.25) is 0 Å². The lowest BCUT2D eigenvalue weighted by Crippen LogP contribution is -2.24. The monoisotopic (exact) mass is 345 g/mol. The number of unbranched alkanes of at least 4 members (excludes halogenated alkanes) is 1. The van der Waals surface area contributed by atoms with Crippen LogP contribution in [-0.4, -0.2) is 0 Å². The van der Waals surface area contributed by atoms with Gasteiger partial charge in [-0.05, 0) is 36.6 Å². The molecule has 0 bridgehead atoms. The predicted octanol–water partition coefficient (Wildman–Crippen LogP) is 6.03. The van der Waals surface area contributed by atoms with Gasteiger partial charge in [0, 0.05) is 16.6 Å². The average Bonchev–Trinajstić information content (AvgIpc) is 2.52. The van der Waals surface area contributed by atoms with Crippen LogP contribution in [-0.2, 0) is 0 Å². The highest BCUT2D eigenvalue weighted by molar-refractivity contribution is 9.10. The largest absolute Gasteiger partial charge is 0.303 e. The van der Waals surface area contributed by atoms with Gasteiger partial charge in [-0.15, -0.1) is 0 Å². The molecule has 0 heterocycles. The standard InChI is InChI=1S/C19H24BrN/c1-3-4-10-19(17-8-6-5-7-9-17)21-15(2)16-11-13-18(20)14-12-16/h5-9,11-15,19,21H,3-4,10H2,1-2H3/t15-,19?/m0/s1. The Morgan fingerprint density at radius 1 is 0.952 bits per heavy atom. The van der Waals surface area contributed by atoms with E-state index in [-0.39, 0.29) is 0 Å². The first-order valence-corrected chi connectivity index (χ1v) is 8.56. The molecular formula is C19H24BrN. The molecule has 0 saturated carbocycles. The van der Waals surface area contributed by atoms with Gasteiger partial charge in [-0.1, -0.05) is 78.2 Å². The van der Waals surface area contributed by atoms with Gasteiger partial charge in [0.25, 0.3) is 0 Å². The summed E-state index contributed by atoms with van der Waals surface area (Å²) >= 11 is 3.50. The Kier molecular flexibility index (Phi) is 6.47. The first-order chi connectivity index (χ1) is 10.2. The van der Waals surface area contributed by atoms with Gasteiger partial charge >= 0.3 is 0 Å². The lowest BCUT2D eigenvalue weighted by atomic mass is 9.99. The molecule has 2 aromatic carbocycles. The molecule has 0 radical (unpaired) electrons. The van der Waals surface area contributed by atoms with Crippen LogP contribution in [0.4, 0.5) is 0 Å². The van der Waals surface area contributed by atoms with E-state index >= 15 is 0 Å². The number of benzene rings is 2.